The Balaban J connectivity index is 1.28. The van der Waals surface area contributed by atoms with Crippen molar-refractivity contribution in [3.05, 3.63) is 59.2 Å². The lowest BCUT2D eigenvalue weighted by Gasteiger charge is -2.32. The molecule has 2 aromatic rings. The van der Waals surface area contributed by atoms with Crippen LogP contribution >= 0.6 is 0 Å². The summed E-state index contributed by atoms with van der Waals surface area (Å²) in [6.45, 7) is 0.395. The van der Waals surface area contributed by atoms with E-state index >= 15 is 0 Å². The highest BCUT2D eigenvalue weighted by molar-refractivity contribution is 6.59. The van der Waals surface area contributed by atoms with E-state index in [0.29, 0.717) is 17.5 Å². The number of benzene rings is 2. The molecule has 0 bridgehead atoms. The van der Waals surface area contributed by atoms with Crippen LogP contribution in [0.3, 0.4) is 0 Å². The summed E-state index contributed by atoms with van der Waals surface area (Å²) in [4.78, 5) is 0. The van der Waals surface area contributed by atoms with E-state index in [9.17, 15) is 26.3 Å². The molecule has 4 nitrogen and oxygen atoms in total. The van der Waals surface area contributed by atoms with E-state index in [1.54, 1.807) is 0 Å². The van der Waals surface area contributed by atoms with Crippen LogP contribution in [0.15, 0.2) is 36.4 Å². The second-order valence-corrected chi connectivity index (χ2v) is 13.1. The van der Waals surface area contributed by atoms with E-state index in [0.717, 1.165) is 87.7 Å². The molecule has 1 radical (unpaired) electrons. The van der Waals surface area contributed by atoms with E-state index in [1.807, 2.05) is 0 Å². The van der Waals surface area contributed by atoms with Gasteiger partial charge in [0.05, 0.1) is 18.8 Å². The third-order valence-electron chi connectivity index (χ3n) is 7.30. The van der Waals surface area contributed by atoms with Crippen LogP contribution in [-0.4, -0.2) is 34.9 Å². The molecule has 0 spiro atoms. The van der Waals surface area contributed by atoms with E-state index < -0.39 is 50.2 Å². The SMILES string of the molecule is CCCC1COC(CC[Si]2CCC(c3ccc(C(F)(F)Oc4ccc(OC(F)F)c(F)c4)c(F)c3)CC2)OC1. The normalized spacial score (nSPS) is 21.3. The zero-order valence-corrected chi connectivity index (χ0v) is 22.7. The largest absolute Gasteiger partial charge is 0.432 e. The van der Waals surface area contributed by atoms with Crippen LogP contribution in [0.1, 0.15) is 56.1 Å². The van der Waals surface area contributed by atoms with Gasteiger partial charge in [-0.2, -0.15) is 17.6 Å². The highest BCUT2D eigenvalue weighted by atomic mass is 28.3. The third-order valence-corrected chi connectivity index (χ3v) is 10.3. The maximum Gasteiger partial charge on any atom is 0.429 e. The highest BCUT2D eigenvalue weighted by Gasteiger charge is 2.38. The van der Waals surface area contributed by atoms with Crippen molar-refractivity contribution >= 4 is 8.80 Å². The molecule has 2 aliphatic heterocycles. The predicted molar refractivity (Wildman–Crippen MR) is 135 cm³/mol. The van der Waals surface area contributed by atoms with Crippen molar-refractivity contribution in [2.24, 2.45) is 5.92 Å². The van der Waals surface area contributed by atoms with Crippen molar-refractivity contribution in [1.29, 1.82) is 0 Å². The average Bonchev–Trinajstić information content (AvgIpc) is 2.90. The molecule has 2 heterocycles. The Morgan fingerprint density at radius 2 is 1.69 bits per heavy atom. The minimum atomic E-state index is -4.11. The molecular formula is C28H33F6O4Si. The minimum absolute atomic E-state index is 0.0882. The summed E-state index contributed by atoms with van der Waals surface area (Å²) < 4.78 is 103. The summed E-state index contributed by atoms with van der Waals surface area (Å²) in [6.07, 6.45) is 0.640. The van der Waals surface area contributed by atoms with Crippen LogP contribution in [0, 0.1) is 17.6 Å². The first-order valence-electron chi connectivity index (χ1n) is 13.3. The molecule has 215 valence electrons. The molecule has 0 amide bonds. The van der Waals surface area contributed by atoms with Crippen molar-refractivity contribution in [2.45, 2.75) is 82.1 Å². The molecule has 0 aromatic heterocycles. The number of hydrogen-bond acceptors (Lipinski definition) is 4. The lowest BCUT2D eigenvalue weighted by molar-refractivity contribution is -0.201. The number of rotatable bonds is 11. The van der Waals surface area contributed by atoms with Gasteiger partial charge in [0, 0.05) is 20.8 Å². The van der Waals surface area contributed by atoms with Gasteiger partial charge in [-0.25, -0.2) is 8.78 Å². The van der Waals surface area contributed by atoms with Gasteiger partial charge in [0.25, 0.3) is 0 Å². The van der Waals surface area contributed by atoms with Gasteiger partial charge in [-0.05, 0) is 61.4 Å². The van der Waals surface area contributed by atoms with E-state index in [-0.39, 0.29) is 12.2 Å². The van der Waals surface area contributed by atoms with Crippen LogP contribution < -0.4 is 9.47 Å². The molecule has 39 heavy (non-hydrogen) atoms. The average molecular weight is 576 g/mol. The summed E-state index contributed by atoms with van der Waals surface area (Å²) in [5, 5.41) is 0. The van der Waals surface area contributed by atoms with Gasteiger partial charge in [0.15, 0.2) is 17.9 Å². The minimum Gasteiger partial charge on any atom is -0.432 e. The fourth-order valence-corrected chi connectivity index (χ4v) is 8.12. The Bertz CT molecular complexity index is 1070. The molecule has 2 saturated heterocycles. The molecule has 0 saturated carbocycles. The van der Waals surface area contributed by atoms with Gasteiger partial charge >= 0.3 is 12.7 Å². The maximum absolute atomic E-state index is 14.8. The predicted octanol–water partition coefficient (Wildman–Crippen LogP) is 8.25. The van der Waals surface area contributed by atoms with Gasteiger partial charge in [-0.3, -0.25) is 0 Å². The lowest BCUT2D eigenvalue weighted by atomic mass is 9.92. The molecule has 2 aliphatic rings. The van der Waals surface area contributed by atoms with Gasteiger partial charge in [0.1, 0.15) is 11.6 Å². The van der Waals surface area contributed by atoms with Crippen molar-refractivity contribution in [1.82, 2.24) is 0 Å². The Hall–Kier alpha value is -2.24. The quantitative estimate of drug-likeness (QED) is 0.200. The fraction of sp³-hybridized carbons (Fsp3) is 0.571. The Morgan fingerprint density at radius 3 is 2.31 bits per heavy atom. The summed E-state index contributed by atoms with van der Waals surface area (Å²) in [5.41, 5.74) is -0.331. The molecule has 0 unspecified atom stereocenters. The number of hydrogen-bond donors (Lipinski definition) is 0. The molecule has 0 N–H and O–H groups in total. The van der Waals surface area contributed by atoms with Crippen molar-refractivity contribution in [3.63, 3.8) is 0 Å². The highest BCUT2D eigenvalue weighted by Crippen LogP contribution is 2.39. The van der Waals surface area contributed by atoms with Crippen LogP contribution in [0.4, 0.5) is 26.3 Å². The fourth-order valence-electron chi connectivity index (χ4n) is 5.22. The van der Waals surface area contributed by atoms with Crippen molar-refractivity contribution in [3.8, 4) is 11.5 Å². The van der Waals surface area contributed by atoms with Crippen LogP contribution in [0.5, 0.6) is 11.5 Å². The standard InChI is InChI=1S/C28H33F6O4Si/c1-2-3-18-16-35-26(36-17-18)10-13-39-11-8-19(9-12-39)20-4-6-22(23(29)14-20)28(33,34)38-21-5-7-25(24(30)15-21)37-27(31)32/h4-7,14-15,18-19,26-27H,2-3,8-13,16-17H2,1H3. The van der Waals surface area contributed by atoms with Crippen LogP contribution in [0.25, 0.3) is 0 Å². The summed E-state index contributed by atoms with van der Waals surface area (Å²) in [6, 6.07) is 8.85. The Morgan fingerprint density at radius 1 is 0.974 bits per heavy atom. The van der Waals surface area contributed by atoms with Crippen LogP contribution in [-0.2, 0) is 15.6 Å². The van der Waals surface area contributed by atoms with Gasteiger partial charge in [-0.15, -0.1) is 0 Å². The van der Waals surface area contributed by atoms with Gasteiger partial charge in [0.2, 0.25) is 0 Å². The van der Waals surface area contributed by atoms with E-state index in [1.165, 1.54) is 6.07 Å². The first-order chi connectivity index (χ1) is 18.6. The molecular weight excluding hydrogens is 542 g/mol. The Kier molecular flexibility index (Phi) is 10.2. The molecule has 11 heteroatoms. The van der Waals surface area contributed by atoms with Crippen LogP contribution in [0.2, 0.25) is 18.1 Å². The summed E-state index contributed by atoms with van der Waals surface area (Å²) in [7, 11) is -0.573. The smallest absolute Gasteiger partial charge is 0.429 e. The first-order valence-corrected chi connectivity index (χ1v) is 15.4. The third kappa shape index (κ3) is 8.14. The molecule has 0 atom stereocenters. The topological polar surface area (TPSA) is 36.9 Å². The van der Waals surface area contributed by atoms with Gasteiger partial charge in [-0.1, -0.05) is 37.5 Å². The first kappa shape index (κ1) is 29.7. The van der Waals surface area contributed by atoms with E-state index in [4.69, 9.17) is 9.47 Å². The zero-order chi connectivity index (χ0) is 28.0. The number of alkyl halides is 4. The maximum atomic E-state index is 14.8. The lowest BCUT2D eigenvalue weighted by Crippen LogP contribution is -2.33. The van der Waals surface area contributed by atoms with Crippen molar-refractivity contribution < 1.29 is 45.3 Å². The summed E-state index contributed by atoms with van der Waals surface area (Å²) >= 11 is 0. The van der Waals surface area contributed by atoms with E-state index in [2.05, 4.69) is 16.4 Å². The monoisotopic (exact) mass is 575 g/mol. The Labute approximate surface area is 226 Å². The van der Waals surface area contributed by atoms with Gasteiger partial charge < -0.3 is 18.9 Å². The second-order valence-electron chi connectivity index (χ2n) is 10.1. The number of halogens is 6. The second kappa shape index (κ2) is 13.4. The number of ether oxygens (including phenoxy) is 4. The van der Waals surface area contributed by atoms with Crippen molar-refractivity contribution in [2.75, 3.05) is 13.2 Å². The molecule has 4 rings (SSSR count). The summed E-state index contributed by atoms with van der Waals surface area (Å²) in [5.74, 6) is -3.33. The molecule has 2 aromatic carbocycles. The zero-order valence-electron chi connectivity index (χ0n) is 21.7. The molecule has 2 fully saturated rings. The molecule has 0 aliphatic carbocycles.